The molecule has 0 unspecified atom stereocenters. The highest BCUT2D eigenvalue weighted by atomic mass is 35.5. The van der Waals surface area contributed by atoms with Crippen LogP contribution in [-0.2, 0) is 5.41 Å². The van der Waals surface area contributed by atoms with Crippen LogP contribution in [-0.4, -0.2) is 0 Å². The molecule has 2 heteroatoms. The molecule has 0 saturated heterocycles. The van der Waals surface area contributed by atoms with Crippen LogP contribution >= 0.6 is 23.2 Å². The second-order valence-electron chi connectivity index (χ2n) is 5.45. The molecule has 0 aliphatic heterocycles. The number of benzene rings is 2. The lowest BCUT2D eigenvalue weighted by molar-refractivity contribution is 0.590. The Kier molecular flexibility index (Phi) is 3.70. The molecule has 2 aromatic carbocycles. The van der Waals surface area contributed by atoms with Gasteiger partial charge < -0.3 is 0 Å². The molecule has 0 atom stereocenters. The minimum Gasteiger partial charge on any atom is -0.0843 e. The molecular formula is C16H16Cl2. The van der Waals surface area contributed by atoms with Crippen molar-refractivity contribution in [1.29, 1.82) is 0 Å². The van der Waals surface area contributed by atoms with Gasteiger partial charge in [0.2, 0.25) is 0 Å². The van der Waals surface area contributed by atoms with Crippen molar-refractivity contribution in [3.63, 3.8) is 0 Å². The largest absolute Gasteiger partial charge is 0.0843 e. The molecule has 0 aliphatic rings. The molecule has 2 rings (SSSR count). The first-order valence-electron chi connectivity index (χ1n) is 5.94. The molecule has 0 N–H and O–H groups in total. The summed E-state index contributed by atoms with van der Waals surface area (Å²) in [6.07, 6.45) is 0. The highest BCUT2D eigenvalue weighted by Crippen LogP contribution is 2.33. The van der Waals surface area contributed by atoms with Crippen molar-refractivity contribution in [3.8, 4) is 11.1 Å². The molecule has 0 aromatic heterocycles. The Hall–Kier alpha value is -0.980. The molecule has 0 saturated carbocycles. The molecule has 94 valence electrons. The van der Waals surface area contributed by atoms with Gasteiger partial charge in [0.15, 0.2) is 0 Å². The molecule has 0 heterocycles. The van der Waals surface area contributed by atoms with Gasteiger partial charge in [0, 0.05) is 15.6 Å². The lowest BCUT2D eigenvalue weighted by Gasteiger charge is -2.20. The standard InChI is InChI=1S/C16H16Cl2/c1-16(2,3)12-6-4-5-11(9-12)14-8-7-13(17)10-15(14)18/h4-10H,1-3H3. The maximum Gasteiger partial charge on any atom is 0.0499 e. The number of hydrogen-bond donors (Lipinski definition) is 0. The summed E-state index contributed by atoms with van der Waals surface area (Å²) >= 11 is 12.2. The van der Waals surface area contributed by atoms with Crippen LogP contribution in [0.1, 0.15) is 26.3 Å². The monoisotopic (exact) mass is 278 g/mol. The summed E-state index contributed by atoms with van der Waals surface area (Å²) in [7, 11) is 0. The fourth-order valence-electron chi connectivity index (χ4n) is 1.88. The molecule has 2 aromatic rings. The summed E-state index contributed by atoms with van der Waals surface area (Å²) < 4.78 is 0. The fraction of sp³-hybridized carbons (Fsp3) is 0.250. The van der Waals surface area contributed by atoms with Crippen LogP contribution in [0.5, 0.6) is 0 Å². The lowest BCUT2D eigenvalue weighted by atomic mass is 9.85. The summed E-state index contributed by atoms with van der Waals surface area (Å²) in [4.78, 5) is 0. The summed E-state index contributed by atoms with van der Waals surface area (Å²) in [5.41, 5.74) is 3.58. The summed E-state index contributed by atoms with van der Waals surface area (Å²) in [6, 6.07) is 14.1. The van der Waals surface area contributed by atoms with E-state index >= 15 is 0 Å². The number of hydrogen-bond acceptors (Lipinski definition) is 0. The number of rotatable bonds is 1. The van der Waals surface area contributed by atoms with Crippen molar-refractivity contribution < 1.29 is 0 Å². The van der Waals surface area contributed by atoms with Gasteiger partial charge in [-0.3, -0.25) is 0 Å². The van der Waals surface area contributed by atoms with Gasteiger partial charge in [-0.1, -0.05) is 74.3 Å². The first-order valence-corrected chi connectivity index (χ1v) is 6.69. The zero-order chi connectivity index (χ0) is 13.3. The molecule has 0 radical (unpaired) electrons. The highest BCUT2D eigenvalue weighted by Gasteiger charge is 2.14. The highest BCUT2D eigenvalue weighted by molar-refractivity contribution is 6.36. The summed E-state index contributed by atoms with van der Waals surface area (Å²) in [5.74, 6) is 0. The predicted octanol–water partition coefficient (Wildman–Crippen LogP) is 5.96. The van der Waals surface area contributed by atoms with E-state index in [1.807, 2.05) is 12.1 Å². The second-order valence-corrected chi connectivity index (χ2v) is 6.30. The van der Waals surface area contributed by atoms with E-state index in [0.29, 0.717) is 10.0 Å². The van der Waals surface area contributed by atoms with Crippen LogP contribution < -0.4 is 0 Å². The van der Waals surface area contributed by atoms with Gasteiger partial charge in [0.1, 0.15) is 0 Å². The van der Waals surface area contributed by atoms with Gasteiger partial charge in [-0.15, -0.1) is 0 Å². The minimum absolute atomic E-state index is 0.134. The first-order chi connectivity index (χ1) is 8.38. The van der Waals surface area contributed by atoms with E-state index in [-0.39, 0.29) is 5.41 Å². The zero-order valence-electron chi connectivity index (χ0n) is 10.8. The SMILES string of the molecule is CC(C)(C)c1cccc(-c2ccc(Cl)cc2Cl)c1. The quantitative estimate of drug-likeness (QED) is 0.604. The van der Waals surface area contributed by atoms with Crippen LogP contribution in [0.3, 0.4) is 0 Å². The third-order valence-electron chi connectivity index (χ3n) is 2.97. The van der Waals surface area contributed by atoms with E-state index in [1.54, 1.807) is 6.07 Å². The van der Waals surface area contributed by atoms with Crippen molar-refractivity contribution in [2.45, 2.75) is 26.2 Å². The van der Waals surface area contributed by atoms with E-state index in [9.17, 15) is 0 Å². The van der Waals surface area contributed by atoms with Crippen LogP contribution in [0.4, 0.5) is 0 Å². The van der Waals surface area contributed by atoms with Crippen LogP contribution in [0, 0.1) is 0 Å². The maximum absolute atomic E-state index is 6.25. The van der Waals surface area contributed by atoms with Gasteiger partial charge in [-0.05, 0) is 28.7 Å². The second kappa shape index (κ2) is 4.95. The van der Waals surface area contributed by atoms with Crippen molar-refractivity contribution in [3.05, 3.63) is 58.1 Å². The Balaban J connectivity index is 2.51. The van der Waals surface area contributed by atoms with Crippen molar-refractivity contribution in [2.24, 2.45) is 0 Å². The van der Waals surface area contributed by atoms with Crippen LogP contribution in [0.2, 0.25) is 10.0 Å². The summed E-state index contributed by atoms with van der Waals surface area (Å²) in [6.45, 7) is 6.61. The average Bonchev–Trinajstić information content (AvgIpc) is 2.28. The smallest absolute Gasteiger partial charge is 0.0499 e. The third kappa shape index (κ3) is 2.88. The van der Waals surface area contributed by atoms with Gasteiger partial charge in [-0.25, -0.2) is 0 Å². The molecule has 0 aliphatic carbocycles. The Bertz CT molecular complexity index is 566. The maximum atomic E-state index is 6.25. The Morgan fingerprint density at radius 3 is 2.22 bits per heavy atom. The van der Waals surface area contributed by atoms with Gasteiger partial charge in [0.25, 0.3) is 0 Å². The third-order valence-corrected chi connectivity index (χ3v) is 3.52. The zero-order valence-corrected chi connectivity index (χ0v) is 12.3. The van der Waals surface area contributed by atoms with Crippen molar-refractivity contribution in [2.75, 3.05) is 0 Å². The minimum atomic E-state index is 0.134. The number of halogens is 2. The van der Waals surface area contributed by atoms with Crippen molar-refractivity contribution >= 4 is 23.2 Å². The molecule has 0 fully saturated rings. The molecule has 0 spiro atoms. The molecule has 0 amide bonds. The molecular weight excluding hydrogens is 263 g/mol. The van der Waals surface area contributed by atoms with Gasteiger partial charge in [-0.2, -0.15) is 0 Å². The molecule has 0 bridgehead atoms. The predicted molar refractivity (Wildman–Crippen MR) is 80.6 cm³/mol. The van der Waals surface area contributed by atoms with Crippen molar-refractivity contribution in [1.82, 2.24) is 0 Å². The van der Waals surface area contributed by atoms with E-state index < -0.39 is 0 Å². The van der Waals surface area contributed by atoms with Gasteiger partial charge >= 0.3 is 0 Å². The Morgan fingerprint density at radius 2 is 1.61 bits per heavy atom. The Morgan fingerprint density at radius 1 is 0.889 bits per heavy atom. The molecule has 0 nitrogen and oxygen atoms in total. The van der Waals surface area contributed by atoms with E-state index in [4.69, 9.17) is 23.2 Å². The Labute approximate surface area is 119 Å². The van der Waals surface area contributed by atoms with E-state index in [2.05, 4.69) is 45.0 Å². The normalized spacial score (nSPS) is 11.6. The summed E-state index contributed by atoms with van der Waals surface area (Å²) in [5, 5.41) is 1.35. The van der Waals surface area contributed by atoms with E-state index in [1.165, 1.54) is 5.56 Å². The van der Waals surface area contributed by atoms with Gasteiger partial charge in [0.05, 0.1) is 0 Å². The average molecular weight is 279 g/mol. The van der Waals surface area contributed by atoms with Crippen LogP contribution in [0.25, 0.3) is 11.1 Å². The molecule has 18 heavy (non-hydrogen) atoms. The lowest BCUT2D eigenvalue weighted by Crippen LogP contribution is -2.10. The topological polar surface area (TPSA) is 0 Å². The first kappa shape index (κ1) is 13.5. The van der Waals surface area contributed by atoms with E-state index in [0.717, 1.165) is 11.1 Å². The fourth-order valence-corrected chi connectivity index (χ4v) is 2.39. The van der Waals surface area contributed by atoms with Crippen LogP contribution in [0.15, 0.2) is 42.5 Å².